The maximum atomic E-state index is 5.92. The van der Waals surface area contributed by atoms with Crippen molar-refractivity contribution in [3.05, 3.63) is 0 Å². The van der Waals surface area contributed by atoms with E-state index in [0.29, 0.717) is 18.2 Å². The molecule has 1 saturated heterocycles. The van der Waals surface area contributed by atoms with E-state index in [1.54, 1.807) is 0 Å². The van der Waals surface area contributed by atoms with E-state index in [1.807, 2.05) is 0 Å². The molecule has 1 aliphatic rings. The van der Waals surface area contributed by atoms with Gasteiger partial charge in [-0.15, -0.1) is 0 Å². The highest BCUT2D eigenvalue weighted by Crippen LogP contribution is 2.24. The minimum absolute atomic E-state index is 0.373. The molecule has 0 bridgehead atoms. The summed E-state index contributed by atoms with van der Waals surface area (Å²) in [5.41, 5.74) is 0. The predicted molar refractivity (Wildman–Crippen MR) is 65.2 cm³/mol. The maximum absolute atomic E-state index is 5.92. The largest absolute Gasteiger partial charge is 0.375 e. The zero-order chi connectivity index (χ0) is 11.4. The second kappa shape index (κ2) is 5.86. The maximum Gasteiger partial charge on any atom is 0.0605 e. The molecule has 0 radical (unpaired) electrons. The fourth-order valence-electron chi connectivity index (χ4n) is 2.62. The first-order chi connectivity index (χ1) is 7.04. The molecule has 0 aromatic carbocycles. The molecule has 0 aliphatic carbocycles. The monoisotopic (exact) mass is 213 g/mol. The molecule has 1 heterocycles. The van der Waals surface area contributed by atoms with Gasteiger partial charge in [0.2, 0.25) is 0 Å². The molecule has 0 aromatic heterocycles. The lowest BCUT2D eigenvalue weighted by Gasteiger charge is -2.41. The van der Waals surface area contributed by atoms with Crippen LogP contribution in [0.15, 0.2) is 0 Å². The van der Waals surface area contributed by atoms with Crippen molar-refractivity contribution in [3.63, 3.8) is 0 Å². The molecule has 1 aliphatic heterocycles. The van der Waals surface area contributed by atoms with Gasteiger partial charge >= 0.3 is 0 Å². The summed E-state index contributed by atoms with van der Waals surface area (Å²) < 4.78 is 5.92. The fraction of sp³-hybridized carbons (Fsp3) is 1.00. The summed E-state index contributed by atoms with van der Waals surface area (Å²) in [7, 11) is 0. The van der Waals surface area contributed by atoms with Crippen molar-refractivity contribution in [1.29, 1.82) is 0 Å². The van der Waals surface area contributed by atoms with Gasteiger partial charge < -0.3 is 4.74 Å². The van der Waals surface area contributed by atoms with Crippen LogP contribution in [0.25, 0.3) is 0 Å². The summed E-state index contributed by atoms with van der Waals surface area (Å²) in [4.78, 5) is 2.63. The van der Waals surface area contributed by atoms with Crippen LogP contribution < -0.4 is 0 Å². The Morgan fingerprint density at radius 2 is 1.93 bits per heavy atom. The van der Waals surface area contributed by atoms with Crippen molar-refractivity contribution in [2.75, 3.05) is 6.54 Å². The van der Waals surface area contributed by atoms with E-state index in [2.05, 4.69) is 39.5 Å². The average molecular weight is 213 g/mol. The second-order valence-electron chi connectivity index (χ2n) is 5.22. The van der Waals surface area contributed by atoms with E-state index in [9.17, 15) is 0 Å². The SMILES string of the molecule is CC[C@H]1C[C@@H](OC(C)C)CCN1C(C)C. The number of likely N-dealkylation sites (tertiary alicyclic amines) is 1. The van der Waals surface area contributed by atoms with Crippen molar-refractivity contribution < 1.29 is 4.74 Å². The minimum atomic E-state index is 0.373. The van der Waals surface area contributed by atoms with Crippen molar-refractivity contribution >= 4 is 0 Å². The van der Waals surface area contributed by atoms with Crippen LogP contribution in [0.1, 0.15) is 53.9 Å². The number of rotatable bonds is 4. The van der Waals surface area contributed by atoms with Crippen LogP contribution >= 0.6 is 0 Å². The highest BCUT2D eigenvalue weighted by Gasteiger charge is 2.29. The van der Waals surface area contributed by atoms with E-state index in [0.717, 1.165) is 6.04 Å². The van der Waals surface area contributed by atoms with Gasteiger partial charge in [0.15, 0.2) is 0 Å². The summed E-state index contributed by atoms with van der Waals surface area (Å²) in [6.45, 7) is 12.4. The van der Waals surface area contributed by atoms with E-state index < -0.39 is 0 Å². The van der Waals surface area contributed by atoms with Gasteiger partial charge in [0, 0.05) is 18.6 Å². The molecule has 0 spiro atoms. The number of ether oxygens (including phenoxy) is 1. The summed E-state index contributed by atoms with van der Waals surface area (Å²) >= 11 is 0. The molecule has 1 rings (SSSR count). The first-order valence-electron chi connectivity index (χ1n) is 6.45. The van der Waals surface area contributed by atoms with Crippen LogP contribution in [0.3, 0.4) is 0 Å². The number of nitrogens with zero attached hydrogens (tertiary/aromatic N) is 1. The van der Waals surface area contributed by atoms with Crippen LogP contribution in [0.2, 0.25) is 0 Å². The van der Waals surface area contributed by atoms with Crippen molar-refractivity contribution in [2.45, 2.75) is 78.2 Å². The molecule has 2 heteroatoms. The summed E-state index contributed by atoms with van der Waals surface area (Å²) in [6, 6.07) is 1.40. The van der Waals surface area contributed by atoms with Gasteiger partial charge in [-0.2, -0.15) is 0 Å². The number of hydrogen-bond acceptors (Lipinski definition) is 2. The topological polar surface area (TPSA) is 12.5 Å². The van der Waals surface area contributed by atoms with E-state index >= 15 is 0 Å². The molecule has 0 aromatic rings. The lowest BCUT2D eigenvalue weighted by molar-refractivity contribution is -0.0511. The molecule has 0 N–H and O–H groups in total. The molecule has 2 nitrogen and oxygen atoms in total. The standard InChI is InChI=1S/C13H27NO/c1-6-12-9-13(15-11(4)5)7-8-14(12)10(2)3/h10-13H,6-9H2,1-5H3/t12-,13-/m0/s1. The van der Waals surface area contributed by atoms with Crippen molar-refractivity contribution in [1.82, 2.24) is 4.90 Å². The molecule has 0 unspecified atom stereocenters. The van der Waals surface area contributed by atoms with E-state index in [1.165, 1.54) is 25.8 Å². The molecule has 1 fully saturated rings. The average Bonchev–Trinajstić information content (AvgIpc) is 2.16. The Morgan fingerprint density at radius 1 is 1.27 bits per heavy atom. The van der Waals surface area contributed by atoms with Gasteiger partial charge in [-0.25, -0.2) is 0 Å². The Hall–Kier alpha value is -0.0800. The molecule has 0 amide bonds. The highest BCUT2D eigenvalue weighted by atomic mass is 16.5. The Kier molecular flexibility index (Phi) is 5.07. The van der Waals surface area contributed by atoms with Crippen molar-refractivity contribution in [2.24, 2.45) is 0 Å². The van der Waals surface area contributed by atoms with E-state index in [4.69, 9.17) is 4.74 Å². The Labute approximate surface area is 95.0 Å². The lowest BCUT2D eigenvalue weighted by Crippen LogP contribution is -2.48. The fourth-order valence-corrected chi connectivity index (χ4v) is 2.62. The molecule has 2 atom stereocenters. The Morgan fingerprint density at radius 3 is 2.40 bits per heavy atom. The molecule has 15 heavy (non-hydrogen) atoms. The van der Waals surface area contributed by atoms with Gasteiger partial charge in [-0.3, -0.25) is 4.90 Å². The molecule has 0 saturated carbocycles. The van der Waals surface area contributed by atoms with Crippen LogP contribution in [0, 0.1) is 0 Å². The Bertz CT molecular complexity index is 179. The second-order valence-corrected chi connectivity index (χ2v) is 5.22. The lowest BCUT2D eigenvalue weighted by atomic mass is 9.96. The summed E-state index contributed by atoms with van der Waals surface area (Å²) in [5.74, 6) is 0. The molecule has 90 valence electrons. The normalized spacial score (nSPS) is 29.0. The first-order valence-corrected chi connectivity index (χ1v) is 6.45. The third-order valence-electron chi connectivity index (χ3n) is 3.31. The highest BCUT2D eigenvalue weighted by molar-refractivity contribution is 4.83. The first kappa shape index (κ1) is 13.0. The number of piperidine rings is 1. The van der Waals surface area contributed by atoms with Gasteiger partial charge in [0.25, 0.3) is 0 Å². The van der Waals surface area contributed by atoms with Crippen LogP contribution in [0.4, 0.5) is 0 Å². The van der Waals surface area contributed by atoms with E-state index in [-0.39, 0.29) is 0 Å². The summed E-state index contributed by atoms with van der Waals surface area (Å²) in [5, 5.41) is 0. The zero-order valence-electron chi connectivity index (χ0n) is 11.0. The Balaban J connectivity index is 2.47. The third kappa shape index (κ3) is 3.76. The van der Waals surface area contributed by atoms with Gasteiger partial charge in [-0.1, -0.05) is 6.92 Å². The van der Waals surface area contributed by atoms with Gasteiger partial charge in [-0.05, 0) is 47.0 Å². The van der Waals surface area contributed by atoms with Gasteiger partial charge in [0.05, 0.1) is 12.2 Å². The summed E-state index contributed by atoms with van der Waals surface area (Å²) in [6.07, 6.45) is 4.53. The molecular weight excluding hydrogens is 186 g/mol. The zero-order valence-corrected chi connectivity index (χ0v) is 11.0. The van der Waals surface area contributed by atoms with Crippen LogP contribution in [-0.2, 0) is 4.74 Å². The minimum Gasteiger partial charge on any atom is -0.375 e. The molecular formula is C13H27NO. The van der Waals surface area contributed by atoms with Gasteiger partial charge in [0.1, 0.15) is 0 Å². The van der Waals surface area contributed by atoms with Crippen molar-refractivity contribution in [3.8, 4) is 0 Å². The quantitative estimate of drug-likeness (QED) is 0.711. The van der Waals surface area contributed by atoms with Crippen LogP contribution in [-0.4, -0.2) is 35.7 Å². The number of hydrogen-bond donors (Lipinski definition) is 0. The third-order valence-corrected chi connectivity index (χ3v) is 3.31. The van der Waals surface area contributed by atoms with Crippen LogP contribution in [0.5, 0.6) is 0 Å². The predicted octanol–water partition coefficient (Wildman–Crippen LogP) is 3.06. The smallest absolute Gasteiger partial charge is 0.0605 e.